The van der Waals surface area contributed by atoms with Crippen molar-refractivity contribution < 1.29 is 0 Å². The molecule has 1 aliphatic heterocycles. The van der Waals surface area contributed by atoms with Crippen LogP contribution in [0.25, 0.3) is 0 Å². The summed E-state index contributed by atoms with van der Waals surface area (Å²) >= 11 is 0. The van der Waals surface area contributed by atoms with Crippen LogP contribution in [-0.2, 0) is 0 Å². The minimum absolute atomic E-state index is 0.308. The van der Waals surface area contributed by atoms with Crippen molar-refractivity contribution >= 4 is 17.6 Å². The number of hydrogen-bond donors (Lipinski definition) is 0. The number of nitriles is 1. The van der Waals surface area contributed by atoms with E-state index in [0.717, 1.165) is 43.3 Å². The summed E-state index contributed by atoms with van der Waals surface area (Å²) in [6.45, 7) is 3.70. The van der Waals surface area contributed by atoms with Gasteiger partial charge in [0.25, 0.3) is 0 Å². The van der Waals surface area contributed by atoms with Crippen molar-refractivity contribution in [3.8, 4) is 6.07 Å². The Hall–Kier alpha value is -2.88. The second-order valence-corrected chi connectivity index (χ2v) is 6.90. The summed E-state index contributed by atoms with van der Waals surface area (Å²) in [7, 11) is 5.95. The number of pyridine rings is 1. The number of nitrogens with zero attached hydrogens (tertiary/aromatic N) is 7. The largest absolute Gasteiger partial charge is 0.355 e. The Labute approximate surface area is 154 Å². The molecular formula is C19H25N7. The lowest BCUT2D eigenvalue weighted by Gasteiger charge is -2.39. The van der Waals surface area contributed by atoms with Crippen LogP contribution in [0.1, 0.15) is 24.1 Å². The maximum Gasteiger partial charge on any atom is 0.226 e. The Morgan fingerprint density at radius 1 is 1.19 bits per heavy atom. The normalized spacial score (nSPS) is 16.9. The molecule has 0 amide bonds. The van der Waals surface area contributed by atoms with E-state index in [-0.39, 0.29) is 0 Å². The van der Waals surface area contributed by atoms with Gasteiger partial charge in [0.05, 0.1) is 5.56 Å². The Balaban J connectivity index is 1.82. The molecule has 7 heteroatoms. The molecule has 136 valence electrons. The van der Waals surface area contributed by atoms with Gasteiger partial charge in [-0.15, -0.1) is 0 Å². The number of aromatic nitrogens is 3. The van der Waals surface area contributed by atoms with E-state index in [4.69, 9.17) is 0 Å². The number of hydrogen-bond acceptors (Lipinski definition) is 7. The highest BCUT2D eigenvalue weighted by Gasteiger charge is 2.26. The molecule has 0 N–H and O–H groups in total. The highest BCUT2D eigenvalue weighted by molar-refractivity contribution is 5.55. The molecule has 7 nitrogen and oxygen atoms in total. The van der Waals surface area contributed by atoms with Gasteiger partial charge < -0.3 is 14.7 Å². The van der Waals surface area contributed by atoms with Gasteiger partial charge >= 0.3 is 0 Å². The topological polar surface area (TPSA) is 72.2 Å². The van der Waals surface area contributed by atoms with E-state index < -0.39 is 0 Å². The third-order valence-corrected chi connectivity index (χ3v) is 4.77. The fourth-order valence-electron chi connectivity index (χ4n) is 3.27. The lowest BCUT2D eigenvalue weighted by atomic mass is 10.0. The lowest BCUT2D eigenvalue weighted by molar-refractivity contribution is 0.483. The first kappa shape index (κ1) is 17.9. The minimum atomic E-state index is 0.308. The van der Waals surface area contributed by atoms with E-state index in [9.17, 15) is 5.26 Å². The van der Waals surface area contributed by atoms with E-state index in [2.05, 4.69) is 37.9 Å². The van der Waals surface area contributed by atoms with Crippen LogP contribution in [0.15, 0.2) is 24.4 Å². The monoisotopic (exact) mass is 351 g/mol. The second kappa shape index (κ2) is 7.56. The quantitative estimate of drug-likeness (QED) is 0.836. The summed E-state index contributed by atoms with van der Waals surface area (Å²) in [5.74, 6) is 2.41. The maximum absolute atomic E-state index is 9.43. The zero-order valence-electron chi connectivity index (χ0n) is 15.8. The van der Waals surface area contributed by atoms with Gasteiger partial charge in [0, 0.05) is 52.2 Å². The number of piperidine rings is 1. The summed E-state index contributed by atoms with van der Waals surface area (Å²) in [4.78, 5) is 19.9. The minimum Gasteiger partial charge on any atom is -0.355 e. The fourth-order valence-corrected chi connectivity index (χ4v) is 3.27. The third kappa shape index (κ3) is 3.69. The standard InChI is InChI=1S/C19H25N7/c1-14-7-8-15(12-20)18(22-14)26-11-5-6-16(13-26)25(4)17-9-10-21-19(23-17)24(2)3/h7-10,16H,5-6,11,13H2,1-4H3. The van der Waals surface area contributed by atoms with Gasteiger partial charge in [0.1, 0.15) is 17.7 Å². The number of anilines is 3. The van der Waals surface area contributed by atoms with Gasteiger partial charge in [0.2, 0.25) is 5.95 Å². The average Bonchev–Trinajstić information content (AvgIpc) is 2.67. The number of likely N-dealkylation sites (N-methyl/N-ethyl adjacent to an activating group) is 1. The van der Waals surface area contributed by atoms with Crippen molar-refractivity contribution in [3.63, 3.8) is 0 Å². The first-order valence-corrected chi connectivity index (χ1v) is 8.85. The summed E-state index contributed by atoms with van der Waals surface area (Å²) in [6, 6.07) is 8.27. The number of rotatable bonds is 4. The van der Waals surface area contributed by atoms with Gasteiger partial charge in [-0.1, -0.05) is 0 Å². The number of aryl methyl sites for hydroxylation is 1. The van der Waals surface area contributed by atoms with Gasteiger partial charge in [-0.05, 0) is 38.0 Å². The molecular weight excluding hydrogens is 326 g/mol. The van der Waals surface area contributed by atoms with Crippen molar-refractivity contribution in [2.24, 2.45) is 0 Å². The predicted octanol–water partition coefficient (Wildman–Crippen LogP) is 2.22. The van der Waals surface area contributed by atoms with E-state index in [1.54, 1.807) is 6.20 Å². The van der Waals surface area contributed by atoms with Crippen molar-refractivity contribution in [1.29, 1.82) is 5.26 Å². The predicted molar refractivity (Wildman–Crippen MR) is 104 cm³/mol. The molecule has 3 heterocycles. The van der Waals surface area contributed by atoms with Crippen molar-refractivity contribution in [2.75, 3.05) is 48.9 Å². The summed E-state index contributed by atoms with van der Waals surface area (Å²) < 4.78 is 0. The molecule has 3 rings (SSSR count). The van der Waals surface area contributed by atoms with Crippen LogP contribution in [0.4, 0.5) is 17.6 Å². The molecule has 0 spiro atoms. The molecule has 26 heavy (non-hydrogen) atoms. The molecule has 0 saturated carbocycles. The van der Waals surface area contributed by atoms with Gasteiger partial charge in [0.15, 0.2) is 0 Å². The van der Waals surface area contributed by atoms with Crippen LogP contribution >= 0.6 is 0 Å². The molecule has 0 aliphatic carbocycles. The summed E-state index contributed by atoms with van der Waals surface area (Å²) in [5.41, 5.74) is 1.57. The van der Waals surface area contributed by atoms with Crippen LogP contribution in [-0.4, -0.2) is 55.2 Å². The van der Waals surface area contributed by atoms with Gasteiger partial charge in [-0.2, -0.15) is 10.2 Å². The smallest absolute Gasteiger partial charge is 0.226 e. The summed E-state index contributed by atoms with van der Waals surface area (Å²) in [5, 5.41) is 9.43. The molecule has 1 atom stereocenters. The van der Waals surface area contributed by atoms with E-state index in [1.807, 2.05) is 44.1 Å². The van der Waals surface area contributed by atoms with Crippen molar-refractivity contribution in [3.05, 3.63) is 35.7 Å². The van der Waals surface area contributed by atoms with Gasteiger partial charge in [-0.3, -0.25) is 0 Å². The Morgan fingerprint density at radius 3 is 2.73 bits per heavy atom. The van der Waals surface area contributed by atoms with Crippen LogP contribution < -0.4 is 14.7 Å². The molecule has 2 aromatic rings. The highest BCUT2D eigenvalue weighted by Crippen LogP contribution is 2.26. The molecule has 1 unspecified atom stereocenters. The maximum atomic E-state index is 9.43. The Bertz CT molecular complexity index is 812. The fraction of sp³-hybridized carbons (Fsp3) is 0.474. The zero-order chi connectivity index (χ0) is 18.7. The molecule has 1 aliphatic rings. The molecule has 0 radical (unpaired) electrons. The van der Waals surface area contributed by atoms with E-state index in [0.29, 0.717) is 17.6 Å². The molecule has 2 aromatic heterocycles. The molecule has 0 aromatic carbocycles. The third-order valence-electron chi connectivity index (χ3n) is 4.77. The first-order chi connectivity index (χ1) is 12.5. The average molecular weight is 351 g/mol. The first-order valence-electron chi connectivity index (χ1n) is 8.85. The Morgan fingerprint density at radius 2 is 2.00 bits per heavy atom. The second-order valence-electron chi connectivity index (χ2n) is 6.90. The van der Waals surface area contributed by atoms with Crippen LogP contribution in [0, 0.1) is 18.3 Å². The molecule has 1 fully saturated rings. The van der Waals surface area contributed by atoms with Gasteiger partial charge in [-0.25, -0.2) is 9.97 Å². The zero-order valence-corrected chi connectivity index (χ0v) is 15.8. The van der Waals surface area contributed by atoms with E-state index in [1.165, 1.54) is 0 Å². The van der Waals surface area contributed by atoms with Crippen LogP contribution in [0.5, 0.6) is 0 Å². The Kier molecular flexibility index (Phi) is 5.21. The SMILES string of the molecule is Cc1ccc(C#N)c(N2CCCC(N(C)c3ccnc(N(C)C)n3)C2)n1. The van der Waals surface area contributed by atoms with Crippen molar-refractivity contribution in [2.45, 2.75) is 25.8 Å². The van der Waals surface area contributed by atoms with Crippen molar-refractivity contribution in [1.82, 2.24) is 15.0 Å². The summed E-state index contributed by atoms with van der Waals surface area (Å²) in [6.07, 6.45) is 3.94. The van der Waals surface area contributed by atoms with E-state index >= 15 is 0 Å². The van der Waals surface area contributed by atoms with Crippen LogP contribution in [0.3, 0.4) is 0 Å². The molecule has 0 bridgehead atoms. The molecule has 1 saturated heterocycles. The highest BCUT2D eigenvalue weighted by atomic mass is 15.3. The lowest BCUT2D eigenvalue weighted by Crippen LogP contribution is -2.47. The van der Waals surface area contributed by atoms with Crippen LogP contribution in [0.2, 0.25) is 0 Å².